The number of nitrogen functional groups attached to an aromatic ring is 1. The minimum atomic E-state index is -0.882. The molecule has 0 saturated carbocycles. The van der Waals surface area contributed by atoms with Crippen LogP contribution in [0.15, 0.2) is 16.7 Å². The van der Waals surface area contributed by atoms with E-state index in [4.69, 9.17) is 19.9 Å². The molecule has 182 valence electrons. The molecule has 0 saturated heterocycles. The number of methoxy groups -OCH3 is 3. The summed E-state index contributed by atoms with van der Waals surface area (Å²) in [6.45, 7) is 3.12. The smallest absolute Gasteiger partial charge is 0.305 e. The van der Waals surface area contributed by atoms with E-state index >= 15 is 0 Å². The highest BCUT2D eigenvalue weighted by Crippen LogP contribution is 2.47. The number of ketones is 2. The van der Waals surface area contributed by atoms with Gasteiger partial charge in [-0.1, -0.05) is 4.68 Å². The number of nitrogens with two attached hydrogens (primary N) is 1. The summed E-state index contributed by atoms with van der Waals surface area (Å²) in [5.41, 5.74) is 8.08. The van der Waals surface area contributed by atoms with Crippen LogP contribution in [0, 0.1) is 6.92 Å². The van der Waals surface area contributed by atoms with E-state index in [1.807, 2.05) is 0 Å². The van der Waals surface area contributed by atoms with Gasteiger partial charge in [-0.15, -0.1) is 11.3 Å². The summed E-state index contributed by atoms with van der Waals surface area (Å²) >= 11 is 1.01. The molecule has 4 rings (SSSR count). The maximum absolute atomic E-state index is 13.2. The van der Waals surface area contributed by atoms with Crippen molar-refractivity contribution in [3.63, 3.8) is 0 Å². The molecule has 0 radical (unpaired) electrons. The number of aromatic nitrogens is 3. The summed E-state index contributed by atoms with van der Waals surface area (Å²) in [6.07, 6.45) is 0. The van der Waals surface area contributed by atoms with Crippen molar-refractivity contribution in [3.8, 4) is 34.3 Å². The number of hydrogen-bond acceptors (Lipinski definition) is 11. The number of carbonyl (C=O) groups is 2. The first-order valence-electron chi connectivity index (χ1n) is 10.3. The molecule has 0 spiro atoms. The molecule has 0 aliphatic heterocycles. The Morgan fingerprint density at radius 2 is 1.77 bits per heavy atom. The second-order valence-electron chi connectivity index (χ2n) is 7.60. The van der Waals surface area contributed by atoms with Gasteiger partial charge in [0.05, 0.1) is 38.0 Å². The standard InChI is InChI=1S/C23H22N4O7S/c1-9-14(10(2)28)15(11-7-12(31-4)20(33-6)13(8-11)32-5)16-17(24)21(35-22(16)25-9)19(29)18-23(30)34-26-27(18)3/h7-8H,1-6H3,(H2-,24,26,29,30). The summed E-state index contributed by atoms with van der Waals surface area (Å²) in [4.78, 5) is 31.0. The molecule has 11 nitrogen and oxygen atoms in total. The van der Waals surface area contributed by atoms with Gasteiger partial charge in [0.25, 0.3) is 5.78 Å². The minimum absolute atomic E-state index is 0.0781. The van der Waals surface area contributed by atoms with Gasteiger partial charge in [0.2, 0.25) is 5.75 Å². The van der Waals surface area contributed by atoms with Gasteiger partial charge >= 0.3 is 5.69 Å². The molecule has 12 heteroatoms. The van der Waals surface area contributed by atoms with E-state index in [1.165, 1.54) is 35.3 Å². The van der Waals surface area contributed by atoms with Crippen LogP contribution in [0.5, 0.6) is 23.2 Å². The van der Waals surface area contributed by atoms with Crippen molar-refractivity contribution in [2.24, 2.45) is 7.05 Å². The number of anilines is 1. The Hall–Kier alpha value is -4.19. The van der Waals surface area contributed by atoms with E-state index in [2.05, 4.69) is 14.8 Å². The Morgan fingerprint density at radius 3 is 2.26 bits per heavy atom. The number of benzene rings is 1. The zero-order chi connectivity index (χ0) is 25.6. The Labute approximate surface area is 203 Å². The second-order valence-corrected chi connectivity index (χ2v) is 8.60. The van der Waals surface area contributed by atoms with Gasteiger partial charge < -0.3 is 29.6 Å². The number of nitrogens with zero attached hydrogens (tertiary/aromatic N) is 3. The summed E-state index contributed by atoms with van der Waals surface area (Å²) in [7, 11) is 5.86. The fourth-order valence-corrected chi connectivity index (χ4v) is 5.13. The summed E-state index contributed by atoms with van der Waals surface area (Å²) < 4.78 is 22.0. The first kappa shape index (κ1) is 24.0. The molecule has 35 heavy (non-hydrogen) atoms. The minimum Gasteiger partial charge on any atom is -0.539 e. The van der Waals surface area contributed by atoms with Crippen molar-refractivity contribution >= 4 is 38.8 Å². The van der Waals surface area contributed by atoms with Crippen LogP contribution in [0.25, 0.3) is 21.3 Å². The predicted molar refractivity (Wildman–Crippen MR) is 124 cm³/mol. The average Bonchev–Trinajstić information content (AvgIpc) is 3.34. The number of pyridine rings is 1. The van der Waals surface area contributed by atoms with Crippen molar-refractivity contribution in [2.45, 2.75) is 13.8 Å². The third-order valence-electron chi connectivity index (χ3n) is 5.55. The van der Waals surface area contributed by atoms with Crippen LogP contribution < -0.4 is 29.7 Å². The highest BCUT2D eigenvalue weighted by Gasteiger charge is 2.31. The lowest BCUT2D eigenvalue weighted by molar-refractivity contribution is -0.741. The molecule has 3 aromatic heterocycles. The molecule has 2 N–H and O–H groups in total. The van der Waals surface area contributed by atoms with E-state index in [1.54, 1.807) is 19.1 Å². The SMILES string of the molecule is COc1cc(-c2c(C(C)=O)c(C)nc3sc(C(=O)c4c([O-])on[n+]4C)c(N)c23)cc(OC)c1OC. The van der Waals surface area contributed by atoms with Crippen LogP contribution in [-0.2, 0) is 7.05 Å². The Balaban J connectivity index is 2.10. The van der Waals surface area contributed by atoms with Gasteiger partial charge in [0, 0.05) is 16.5 Å². The van der Waals surface area contributed by atoms with Crippen LogP contribution in [0.4, 0.5) is 5.69 Å². The predicted octanol–water partition coefficient (Wildman–Crippen LogP) is 2.20. The number of fused-ring (bicyclic) bond motifs is 1. The van der Waals surface area contributed by atoms with Crippen LogP contribution in [-0.4, -0.2) is 43.2 Å². The molecule has 0 atom stereocenters. The van der Waals surface area contributed by atoms with Crippen molar-refractivity contribution in [1.82, 2.24) is 10.3 Å². The van der Waals surface area contributed by atoms with E-state index < -0.39 is 11.7 Å². The highest BCUT2D eigenvalue weighted by molar-refractivity contribution is 7.21. The third kappa shape index (κ3) is 3.71. The molecule has 0 amide bonds. The number of hydrogen-bond donors (Lipinski definition) is 1. The largest absolute Gasteiger partial charge is 0.539 e. The van der Waals surface area contributed by atoms with Crippen LogP contribution in [0.3, 0.4) is 0 Å². The summed E-state index contributed by atoms with van der Waals surface area (Å²) in [5, 5.41) is 15.9. The normalized spacial score (nSPS) is 11.0. The third-order valence-corrected chi connectivity index (χ3v) is 6.65. The van der Waals surface area contributed by atoms with Gasteiger partial charge in [-0.25, -0.2) is 4.98 Å². The molecule has 0 unspecified atom stereocenters. The summed E-state index contributed by atoms with van der Waals surface area (Å²) in [5.74, 6) is -0.661. The fourth-order valence-electron chi connectivity index (χ4n) is 4.04. The van der Waals surface area contributed by atoms with Gasteiger partial charge in [0.1, 0.15) is 9.71 Å². The van der Waals surface area contributed by atoms with Crippen molar-refractivity contribution in [3.05, 3.63) is 34.0 Å². The van der Waals surface area contributed by atoms with Crippen molar-refractivity contribution in [2.75, 3.05) is 27.1 Å². The molecule has 0 aliphatic rings. The Morgan fingerprint density at radius 1 is 1.14 bits per heavy atom. The van der Waals surface area contributed by atoms with Gasteiger partial charge in [-0.2, -0.15) is 0 Å². The Bertz CT molecular complexity index is 1460. The van der Waals surface area contributed by atoms with Gasteiger partial charge in [-0.3, -0.25) is 9.59 Å². The van der Waals surface area contributed by atoms with E-state index in [9.17, 15) is 14.7 Å². The van der Waals surface area contributed by atoms with E-state index in [0.29, 0.717) is 49.8 Å². The van der Waals surface area contributed by atoms with Crippen LogP contribution in [0.1, 0.15) is 38.3 Å². The number of thiophene rings is 1. The molecule has 0 bridgehead atoms. The maximum Gasteiger partial charge on any atom is 0.305 e. The molecule has 0 aliphatic carbocycles. The van der Waals surface area contributed by atoms with E-state index in [-0.39, 0.29) is 22.0 Å². The van der Waals surface area contributed by atoms with Gasteiger partial charge in [0.15, 0.2) is 30.3 Å². The number of carbonyl (C=O) groups excluding carboxylic acids is 2. The lowest BCUT2D eigenvalue weighted by Crippen LogP contribution is -2.37. The number of rotatable bonds is 7. The number of ether oxygens (including phenoxy) is 3. The highest BCUT2D eigenvalue weighted by atomic mass is 32.1. The summed E-state index contributed by atoms with van der Waals surface area (Å²) in [6, 6.07) is 3.38. The zero-order valence-electron chi connectivity index (χ0n) is 19.8. The molecular weight excluding hydrogens is 476 g/mol. The van der Waals surface area contributed by atoms with Gasteiger partial charge in [-0.05, 0) is 31.5 Å². The van der Waals surface area contributed by atoms with Crippen molar-refractivity contribution in [1.29, 1.82) is 0 Å². The second kappa shape index (κ2) is 8.87. The fraction of sp³-hybridized carbons (Fsp3) is 0.261. The number of Topliss-reactive ketones (excluding diaryl/α,β-unsaturated/α-hetero) is 1. The topological polar surface area (TPSA) is 154 Å². The molecule has 0 fully saturated rings. The zero-order valence-corrected chi connectivity index (χ0v) is 20.7. The van der Waals surface area contributed by atoms with E-state index in [0.717, 1.165) is 16.0 Å². The molecule has 3 heterocycles. The Kier molecular flexibility index (Phi) is 6.07. The first-order valence-corrected chi connectivity index (χ1v) is 11.1. The monoisotopic (exact) mass is 498 g/mol. The lowest BCUT2D eigenvalue weighted by Gasteiger charge is -2.17. The molecule has 4 aromatic rings. The quantitative estimate of drug-likeness (QED) is 0.296. The van der Waals surface area contributed by atoms with Crippen LogP contribution in [0.2, 0.25) is 0 Å². The van der Waals surface area contributed by atoms with Crippen molar-refractivity contribution < 1.29 is 38.1 Å². The number of aryl methyl sites for hydroxylation is 2. The molecular formula is C23H22N4O7S. The molecule has 1 aromatic carbocycles. The lowest BCUT2D eigenvalue weighted by atomic mass is 9.92. The average molecular weight is 499 g/mol. The first-order chi connectivity index (χ1) is 16.6. The maximum atomic E-state index is 13.2. The van der Waals surface area contributed by atoms with Crippen LogP contribution >= 0.6 is 11.3 Å².